The molecule has 1 heterocycles. The second-order valence-corrected chi connectivity index (χ2v) is 5.38. The molecule has 0 saturated heterocycles. The highest BCUT2D eigenvalue weighted by Gasteiger charge is 2.22. The zero-order valence-corrected chi connectivity index (χ0v) is 11.7. The Hall–Kier alpha value is -1.62. The van der Waals surface area contributed by atoms with Crippen molar-refractivity contribution < 1.29 is 4.74 Å². The minimum atomic E-state index is 0.546. The summed E-state index contributed by atoms with van der Waals surface area (Å²) in [6.07, 6.45) is 3.21. The second-order valence-electron chi connectivity index (χ2n) is 4.97. The first kappa shape index (κ1) is 12.4. The van der Waals surface area contributed by atoms with Crippen LogP contribution < -0.4 is 15.5 Å². The molecule has 1 fully saturated rings. The number of aryl methyl sites for hydroxylation is 1. The fourth-order valence-corrected chi connectivity index (χ4v) is 2.35. The van der Waals surface area contributed by atoms with Gasteiger partial charge < -0.3 is 10.1 Å². The molecule has 2 N–H and O–H groups in total. The molecule has 0 atom stereocenters. The number of hydrogen-bond donors (Lipinski definition) is 2. The number of benzene rings is 1. The Kier molecular flexibility index (Phi) is 3.38. The number of nitrogens with zero attached hydrogens (tertiary/aromatic N) is 1. The van der Waals surface area contributed by atoms with Crippen LogP contribution in [0, 0.1) is 6.92 Å². The maximum absolute atomic E-state index is 5.71. The van der Waals surface area contributed by atoms with Gasteiger partial charge in [-0.3, -0.25) is 5.43 Å². The molecule has 1 aliphatic carbocycles. The van der Waals surface area contributed by atoms with Crippen LogP contribution in [0.1, 0.15) is 30.4 Å². The minimum absolute atomic E-state index is 0.546. The SMILES string of the molecule is Cc1cccc2c1OCC/C2=N/NC(=S)NC1CC1. The van der Waals surface area contributed by atoms with Crippen molar-refractivity contribution in [2.75, 3.05) is 6.61 Å². The molecule has 19 heavy (non-hydrogen) atoms. The Labute approximate surface area is 118 Å². The van der Waals surface area contributed by atoms with Gasteiger partial charge in [-0.05, 0) is 43.6 Å². The van der Waals surface area contributed by atoms with Gasteiger partial charge in [-0.15, -0.1) is 0 Å². The van der Waals surface area contributed by atoms with Crippen LogP contribution in [0.25, 0.3) is 0 Å². The maximum atomic E-state index is 5.71. The summed E-state index contributed by atoms with van der Waals surface area (Å²) in [6, 6.07) is 6.66. The lowest BCUT2D eigenvalue weighted by atomic mass is 10.0. The van der Waals surface area contributed by atoms with Crippen LogP contribution in [0.5, 0.6) is 5.75 Å². The standard InChI is InChI=1S/C14H17N3OS/c1-9-3-2-4-11-12(7-8-18-13(9)11)16-17-14(19)15-10-5-6-10/h2-4,10H,5-8H2,1H3,(H2,15,17,19)/b16-12-. The predicted molar refractivity (Wildman–Crippen MR) is 79.7 cm³/mol. The van der Waals surface area contributed by atoms with E-state index in [9.17, 15) is 0 Å². The van der Waals surface area contributed by atoms with Crippen molar-refractivity contribution in [2.24, 2.45) is 5.10 Å². The summed E-state index contributed by atoms with van der Waals surface area (Å²) in [5, 5.41) is 8.25. The molecule has 0 bridgehead atoms. The van der Waals surface area contributed by atoms with Gasteiger partial charge in [0.25, 0.3) is 0 Å². The molecule has 100 valence electrons. The molecule has 0 unspecified atom stereocenters. The summed E-state index contributed by atoms with van der Waals surface area (Å²) in [5.74, 6) is 0.940. The normalized spacial score (nSPS) is 19.5. The van der Waals surface area contributed by atoms with Crippen LogP contribution in [0.2, 0.25) is 0 Å². The summed E-state index contributed by atoms with van der Waals surface area (Å²) < 4.78 is 5.71. The van der Waals surface area contributed by atoms with Crippen molar-refractivity contribution >= 4 is 23.0 Å². The Bertz CT molecular complexity index is 537. The van der Waals surface area contributed by atoms with E-state index >= 15 is 0 Å². The van der Waals surface area contributed by atoms with Gasteiger partial charge in [0.15, 0.2) is 5.11 Å². The van der Waals surface area contributed by atoms with Gasteiger partial charge in [0, 0.05) is 18.0 Å². The summed E-state index contributed by atoms with van der Waals surface area (Å²) in [6.45, 7) is 2.72. The first-order valence-corrected chi connectivity index (χ1v) is 7.01. The van der Waals surface area contributed by atoms with E-state index in [2.05, 4.69) is 28.8 Å². The highest BCUT2D eigenvalue weighted by molar-refractivity contribution is 7.80. The molecule has 4 nitrogen and oxygen atoms in total. The van der Waals surface area contributed by atoms with Crippen molar-refractivity contribution in [1.82, 2.24) is 10.7 Å². The monoisotopic (exact) mass is 275 g/mol. The average Bonchev–Trinajstić information content (AvgIpc) is 3.21. The van der Waals surface area contributed by atoms with Crippen LogP contribution in [-0.2, 0) is 0 Å². The Morgan fingerprint density at radius 2 is 2.26 bits per heavy atom. The quantitative estimate of drug-likeness (QED) is 0.641. The number of para-hydroxylation sites is 1. The third-order valence-electron chi connectivity index (χ3n) is 3.31. The molecule has 1 aromatic carbocycles. The van der Waals surface area contributed by atoms with E-state index in [0.29, 0.717) is 17.8 Å². The van der Waals surface area contributed by atoms with Crippen molar-refractivity contribution in [3.63, 3.8) is 0 Å². The van der Waals surface area contributed by atoms with E-state index in [0.717, 1.165) is 29.0 Å². The fraction of sp³-hybridized carbons (Fsp3) is 0.429. The van der Waals surface area contributed by atoms with Crippen molar-refractivity contribution in [3.05, 3.63) is 29.3 Å². The second kappa shape index (κ2) is 5.17. The van der Waals surface area contributed by atoms with E-state index in [4.69, 9.17) is 17.0 Å². The number of rotatable bonds is 2. The summed E-state index contributed by atoms with van der Waals surface area (Å²) in [7, 11) is 0. The van der Waals surface area contributed by atoms with Crippen LogP contribution in [-0.4, -0.2) is 23.5 Å². The Morgan fingerprint density at radius 1 is 1.42 bits per heavy atom. The van der Waals surface area contributed by atoms with Crippen molar-refractivity contribution in [1.29, 1.82) is 0 Å². The van der Waals surface area contributed by atoms with Gasteiger partial charge in [-0.25, -0.2) is 0 Å². The third-order valence-corrected chi connectivity index (χ3v) is 3.52. The van der Waals surface area contributed by atoms with Crippen LogP contribution >= 0.6 is 12.2 Å². The lowest BCUT2D eigenvalue weighted by Crippen LogP contribution is -2.34. The number of ether oxygens (including phenoxy) is 1. The molecule has 0 aromatic heterocycles. The largest absolute Gasteiger partial charge is 0.492 e. The number of thiocarbonyl (C=S) groups is 1. The van der Waals surface area contributed by atoms with E-state index < -0.39 is 0 Å². The minimum Gasteiger partial charge on any atom is -0.492 e. The molecule has 2 aliphatic rings. The van der Waals surface area contributed by atoms with E-state index in [-0.39, 0.29) is 0 Å². The fourth-order valence-electron chi connectivity index (χ4n) is 2.14. The summed E-state index contributed by atoms with van der Waals surface area (Å²) in [5.41, 5.74) is 6.15. The average molecular weight is 275 g/mol. The molecular weight excluding hydrogens is 258 g/mol. The van der Waals surface area contributed by atoms with Crippen LogP contribution in [0.3, 0.4) is 0 Å². The van der Waals surface area contributed by atoms with Crippen LogP contribution in [0.15, 0.2) is 23.3 Å². The Morgan fingerprint density at radius 3 is 3.05 bits per heavy atom. The topological polar surface area (TPSA) is 45.6 Å². The first-order chi connectivity index (χ1) is 9.24. The number of hydrogen-bond acceptors (Lipinski definition) is 3. The molecule has 0 radical (unpaired) electrons. The van der Waals surface area contributed by atoms with Gasteiger partial charge in [0.1, 0.15) is 5.75 Å². The molecule has 3 rings (SSSR count). The molecule has 5 heteroatoms. The molecule has 0 spiro atoms. The van der Waals surface area contributed by atoms with E-state index in [1.54, 1.807) is 0 Å². The highest BCUT2D eigenvalue weighted by atomic mass is 32.1. The van der Waals surface area contributed by atoms with Crippen molar-refractivity contribution in [2.45, 2.75) is 32.2 Å². The molecule has 0 amide bonds. The first-order valence-electron chi connectivity index (χ1n) is 6.60. The molecular formula is C14H17N3OS. The van der Waals surface area contributed by atoms with Gasteiger partial charge in [0.05, 0.1) is 12.3 Å². The smallest absolute Gasteiger partial charge is 0.187 e. The molecule has 1 aliphatic heterocycles. The summed E-state index contributed by atoms with van der Waals surface area (Å²) in [4.78, 5) is 0. The van der Waals surface area contributed by atoms with Crippen LogP contribution in [0.4, 0.5) is 0 Å². The zero-order chi connectivity index (χ0) is 13.2. The van der Waals surface area contributed by atoms with Gasteiger partial charge in [-0.1, -0.05) is 12.1 Å². The number of nitrogens with one attached hydrogen (secondary N) is 2. The summed E-state index contributed by atoms with van der Waals surface area (Å²) >= 11 is 5.20. The number of fused-ring (bicyclic) bond motifs is 1. The van der Waals surface area contributed by atoms with E-state index in [1.165, 1.54) is 12.8 Å². The number of hydrazone groups is 1. The molecule has 1 aromatic rings. The maximum Gasteiger partial charge on any atom is 0.187 e. The predicted octanol–water partition coefficient (Wildman–Crippen LogP) is 2.11. The van der Waals surface area contributed by atoms with Gasteiger partial charge in [0.2, 0.25) is 0 Å². The van der Waals surface area contributed by atoms with Gasteiger partial charge >= 0.3 is 0 Å². The lowest BCUT2D eigenvalue weighted by Gasteiger charge is -2.20. The Balaban J connectivity index is 1.75. The molecule has 1 saturated carbocycles. The van der Waals surface area contributed by atoms with E-state index in [1.807, 2.05) is 12.1 Å². The van der Waals surface area contributed by atoms with Gasteiger partial charge in [-0.2, -0.15) is 5.10 Å². The third kappa shape index (κ3) is 2.87. The highest BCUT2D eigenvalue weighted by Crippen LogP contribution is 2.28. The van der Waals surface area contributed by atoms with Crippen molar-refractivity contribution in [3.8, 4) is 5.75 Å². The lowest BCUT2D eigenvalue weighted by molar-refractivity contribution is 0.318. The zero-order valence-electron chi connectivity index (χ0n) is 10.9.